The van der Waals surface area contributed by atoms with E-state index in [2.05, 4.69) is 27.3 Å². The van der Waals surface area contributed by atoms with Gasteiger partial charge in [-0.25, -0.2) is 0 Å². The second-order valence-electron chi connectivity index (χ2n) is 9.49. The number of hydrogen-bond acceptors (Lipinski definition) is 5. The zero-order valence-corrected chi connectivity index (χ0v) is 20.0. The molecule has 0 radical (unpaired) electrons. The summed E-state index contributed by atoms with van der Waals surface area (Å²) in [4.78, 5) is 4.80. The summed E-state index contributed by atoms with van der Waals surface area (Å²) >= 11 is 0. The molecule has 1 aromatic carbocycles. The maximum absolute atomic E-state index is 13.4. The van der Waals surface area contributed by atoms with Gasteiger partial charge < -0.3 is 14.8 Å². The number of rotatable bonds is 8. The van der Waals surface area contributed by atoms with Crippen LogP contribution in [0.1, 0.15) is 36.8 Å². The summed E-state index contributed by atoms with van der Waals surface area (Å²) in [6.45, 7) is 10.2. The highest BCUT2D eigenvalue weighted by atomic mass is 19.4. The van der Waals surface area contributed by atoms with Gasteiger partial charge in [-0.15, -0.1) is 0 Å². The molecule has 2 saturated heterocycles. The third-order valence-electron chi connectivity index (χ3n) is 6.80. The summed E-state index contributed by atoms with van der Waals surface area (Å²) in [5.41, 5.74) is 1.28. The Morgan fingerprint density at radius 3 is 2.44 bits per heavy atom. The van der Waals surface area contributed by atoms with Gasteiger partial charge in [-0.1, -0.05) is 23.3 Å². The van der Waals surface area contributed by atoms with E-state index in [0.717, 1.165) is 96.5 Å². The quantitative estimate of drug-likeness (QED) is 0.599. The SMILES string of the molecule is Cc1ccc(OC2CCN(CC3=CC=C(OCCN4CCNCC4)CC3)CC2)c(C(F)(F)F)c1. The molecule has 188 valence electrons. The number of ether oxygens (including phenoxy) is 2. The molecule has 0 bridgehead atoms. The van der Waals surface area contributed by atoms with E-state index >= 15 is 0 Å². The Hall–Kier alpha value is -2.03. The minimum absolute atomic E-state index is 0.0545. The van der Waals surface area contributed by atoms with Crippen LogP contribution in [0.4, 0.5) is 13.2 Å². The van der Waals surface area contributed by atoms with Crippen LogP contribution < -0.4 is 10.1 Å². The first-order chi connectivity index (χ1) is 16.4. The molecule has 1 aliphatic carbocycles. The Kier molecular flexibility index (Phi) is 8.55. The lowest BCUT2D eigenvalue weighted by Crippen LogP contribution is -2.44. The molecule has 1 aromatic rings. The van der Waals surface area contributed by atoms with Gasteiger partial charge in [-0.3, -0.25) is 9.80 Å². The second kappa shape index (κ2) is 11.6. The predicted molar refractivity (Wildman–Crippen MR) is 127 cm³/mol. The Morgan fingerprint density at radius 2 is 1.76 bits per heavy atom. The van der Waals surface area contributed by atoms with Crippen LogP contribution in [0.3, 0.4) is 0 Å². The molecular weight excluding hydrogens is 443 g/mol. The van der Waals surface area contributed by atoms with Gasteiger partial charge in [0, 0.05) is 58.8 Å². The van der Waals surface area contributed by atoms with E-state index in [-0.39, 0.29) is 11.9 Å². The van der Waals surface area contributed by atoms with Gasteiger partial charge in [-0.05, 0) is 44.4 Å². The fraction of sp³-hybridized carbons (Fsp3) is 0.615. The number of piperidine rings is 1. The lowest BCUT2D eigenvalue weighted by molar-refractivity contribution is -0.139. The fourth-order valence-electron chi connectivity index (χ4n) is 4.77. The molecule has 0 amide bonds. The van der Waals surface area contributed by atoms with Gasteiger partial charge in [0.2, 0.25) is 0 Å². The third-order valence-corrected chi connectivity index (χ3v) is 6.80. The first-order valence-corrected chi connectivity index (χ1v) is 12.4. The number of nitrogens with one attached hydrogen (secondary N) is 1. The average molecular weight is 480 g/mol. The smallest absolute Gasteiger partial charge is 0.419 e. The predicted octanol–water partition coefficient (Wildman–Crippen LogP) is 4.38. The van der Waals surface area contributed by atoms with Gasteiger partial charge >= 0.3 is 6.18 Å². The van der Waals surface area contributed by atoms with Crippen molar-refractivity contribution in [1.82, 2.24) is 15.1 Å². The number of nitrogens with zero attached hydrogens (tertiary/aromatic N) is 2. The number of allylic oxidation sites excluding steroid dienone is 3. The molecule has 0 atom stereocenters. The van der Waals surface area contributed by atoms with E-state index in [0.29, 0.717) is 5.56 Å². The van der Waals surface area contributed by atoms with E-state index in [4.69, 9.17) is 9.47 Å². The number of alkyl halides is 3. The molecule has 1 N–H and O–H groups in total. The summed E-state index contributed by atoms with van der Waals surface area (Å²) in [5.74, 6) is 1.01. The Balaban J connectivity index is 1.20. The van der Waals surface area contributed by atoms with Crippen molar-refractivity contribution in [3.8, 4) is 5.75 Å². The van der Waals surface area contributed by atoms with Crippen molar-refractivity contribution in [3.63, 3.8) is 0 Å². The van der Waals surface area contributed by atoms with Crippen LogP contribution in [-0.2, 0) is 10.9 Å². The maximum Gasteiger partial charge on any atom is 0.419 e. The van der Waals surface area contributed by atoms with Gasteiger partial charge in [0.05, 0.1) is 11.3 Å². The van der Waals surface area contributed by atoms with Crippen LogP contribution in [0.15, 0.2) is 41.7 Å². The molecule has 2 fully saturated rings. The van der Waals surface area contributed by atoms with E-state index in [1.165, 1.54) is 11.6 Å². The Labute approximate surface area is 200 Å². The maximum atomic E-state index is 13.4. The molecular formula is C26H36F3N3O2. The van der Waals surface area contributed by atoms with E-state index in [9.17, 15) is 13.2 Å². The average Bonchev–Trinajstić information content (AvgIpc) is 2.83. The Morgan fingerprint density at radius 1 is 1.00 bits per heavy atom. The van der Waals surface area contributed by atoms with Gasteiger partial charge in [0.1, 0.15) is 18.5 Å². The summed E-state index contributed by atoms with van der Waals surface area (Å²) < 4.78 is 51.9. The van der Waals surface area contributed by atoms with Crippen molar-refractivity contribution < 1.29 is 22.6 Å². The van der Waals surface area contributed by atoms with Crippen molar-refractivity contribution in [1.29, 1.82) is 0 Å². The normalized spacial score (nSPS) is 21.2. The van der Waals surface area contributed by atoms with Crippen molar-refractivity contribution >= 4 is 0 Å². The third kappa shape index (κ3) is 7.23. The molecule has 0 saturated carbocycles. The molecule has 8 heteroatoms. The minimum Gasteiger partial charge on any atom is -0.497 e. The molecule has 0 aromatic heterocycles. The molecule has 2 heterocycles. The van der Waals surface area contributed by atoms with Crippen molar-refractivity contribution in [3.05, 3.63) is 52.8 Å². The van der Waals surface area contributed by atoms with Crippen LogP contribution in [0.2, 0.25) is 0 Å². The van der Waals surface area contributed by atoms with Gasteiger partial charge in [-0.2, -0.15) is 13.2 Å². The van der Waals surface area contributed by atoms with Crippen molar-refractivity contribution in [2.45, 2.75) is 44.9 Å². The van der Waals surface area contributed by atoms with E-state index in [1.54, 1.807) is 13.0 Å². The molecule has 2 aliphatic heterocycles. The summed E-state index contributed by atoms with van der Waals surface area (Å²) in [5, 5.41) is 3.36. The number of aryl methyl sites for hydroxylation is 1. The highest BCUT2D eigenvalue weighted by molar-refractivity contribution is 5.39. The summed E-state index contributed by atoms with van der Waals surface area (Å²) in [6.07, 6.45) is 3.07. The topological polar surface area (TPSA) is 37.0 Å². The largest absolute Gasteiger partial charge is 0.497 e. The molecule has 34 heavy (non-hydrogen) atoms. The van der Waals surface area contributed by atoms with E-state index < -0.39 is 11.7 Å². The van der Waals surface area contributed by atoms with Crippen LogP contribution in [0.5, 0.6) is 5.75 Å². The fourth-order valence-corrected chi connectivity index (χ4v) is 4.77. The van der Waals surface area contributed by atoms with Crippen LogP contribution in [-0.4, -0.2) is 74.9 Å². The zero-order valence-electron chi connectivity index (χ0n) is 20.0. The number of likely N-dealkylation sites (tertiary alicyclic amines) is 1. The van der Waals surface area contributed by atoms with Crippen LogP contribution in [0, 0.1) is 6.92 Å². The lowest BCUT2D eigenvalue weighted by atomic mass is 10.0. The molecule has 5 nitrogen and oxygen atoms in total. The minimum atomic E-state index is -4.41. The number of benzene rings is 1. The lowest BCUT2D eigenvalue weighted by Gasteiger charge is -2.33. The molecule has 3 aliphatic rings. The highest BCUT2D eigenvalue weighted by Crippen LogP contribution is 2.37. The highest BCUT2D eigenvalue weighted by Gasteiger charge is 2.35. The van der Waals surface area contributed by atoms with Crippen LogP contribution in [0.25, 0.3) is 0 Å². The number of halogens is 3. The van der Waals surface area contributed by atoms with Gasteiger partial charge in [0.15, 0.2) is 0 Å². The van der Waals surface area contributed by atoms with Gasteiger partial charge in [0.25, 0.3) is 0 Å². The number of piperazine rings is 1. The monoisotopic (exact) mass is 479 g/mol. The molecule has 0 unspecified atom stereocenters. The van der Waals surface area contributed by atoms with Crippen molar-refractivity contribution in [2.75, 3.05) is 59.0 Å². The Bertz CT molecular complexity index is 871. The second-order valence-corrected chi connectivity index (χ2v) is 9.49. The summed E-state index contributed by atoms with van der Waals surface area (Å²) in [7, 11) is 0. The van der Waals surface area contributed by atoms with Crippen molar-refractivity contribution in [2.24, 2.45) is 0 Å². The molecule has 0 spiro atoms. The summed E-state index contributed by atoms with van der Waals surface area (Å²) in [6, 6.07) is 4.29. The van der Waals surface area contributed by atoms with E-state index in [1.807, 2.05) is 0 Å². The number of hydrogen-bond donors (Lipinski definition) is 1. The van der Waals surface area contributed by atoms with Crippen LogP contribution >= 0.6 is 0 Å². The first-order valence-electron chi connectivity index (χ1n) is 12.4. The zero-order chi connectivity index (χ0) is 24.0. The first kappa shape index (κ1) is 25.1. The molecule has 4 rings (SSSR count). The standard InChI is InChI=1S/C26H36F3N3O2/c1-20-2-7-25(24(18-20)26(27,28)29)34-23-8-12-32(13-9-23)19-21-3-5-22(6-4-21)33-17-16-31-14-10-30-11-15-31/h2-3,5,7,18,23,30H,4,6,8-17,19H2,1H3.